The third-order valence-electron chi connectivity index (χ3n) is 3.69. The van der Waals surface area contributed by atoms with Crippen LogP contribution in [0.1, 0.15) is 47.0 Å². The number of hydrogen-bond donors (Lipinski definition) is 1. The van der Waals surface area contributed by atoms with E-state index in [4.69, 9.17) is 14.2 Å². The van der Waals surface area contributed by atoms with Crippen LogP contribution in [0, 0.1) is 5.41 Å². The molecule has 1 rings (SSSR count). The van der Waals surface area contributed by atoms with Crippen LogP contribution in [-0.2, 0) is 14.2 Å². The van der Waals surface area contributed by atoms with E-state index in [0.717, 1.165) is 32.4 Å². The van der Waals surface area contributed by atoms with Gasteiger partial charge in [-0.25, -0.2) is 0 Å². The van der Waals surface area contributed by atoms with Gasteiger partial charge in [-0.05, 0) is 31.2 Å². The molecule has 20 heavy (non-hydrogen) atoms. The van der Waals surface area contributed by atoms with E-state index in [1.165, 1.54) is 0 Å². The Bertz CT molecular complexity index is 253. The average molecular weight is 287 g/mol. The van der Waals surface area contributed by atoms with Crippen LogP contribution in [0.25, 0.3) is 0 Å². The van der Waals surface area contributed by atoms with Crippen molar-refractivity contribution in [2.45, 2.75) is 65.2 Å². The monoisotopic (exact) mass is 287 g/mol. The molecule has 1 N–H and O–H groups in total. The maximum absolute atomic E-state index is 6.00. The molecule has 0 aromatic rings. The zero-order valence-electron chi connectivity index (χ0n) is 13.9. The highest BCUT2D eigenvalue weighted by atomic mass is 16.6. The highest BCUT2D eigenvalue weighted by Gasteiger charge is 2.42. The lowest BCUT2D eigenvalue weighted by atomic mass is 9.84. The predicted molar refractivity (Wildman–Crippen MR) is 82.1 cm³/mol. The van der Waals surface area contributed by atoms with Gasteiger partial charge >= 0.3 is 0 Å². The van der Waals surface area contributed by atoms with E-state index in [1.54, 1.807) is 7.11 Å². The minimum absolute atomic E-state index is 0.177. The zero-order valence-corrected chi connectivity index (χ0v) is 13.9. The smallest absolute Gasteiger partial charge is 0.0991 e. The van der Waals surface area contributed by atoms with E-state index in [-0.39, 0.29) is 12.2 Å². The Balaban J connectivity index is 2.29. The van der Waals surface area contributed by atoms with Crippen molar-refractivity contribution in [1.82, 2.24) is 5.32 Å². The van der Waals surface area contributed by atoms with Crippen LogP contribution in [0.5, 0.6) is 0 Å². The van der Waals surface area contributed by atoms with E-state index >= 15 is 0 Å². The Hall–Kier alpha value is -0.160. The molecular weight excluding hydrogens is 254 g/mol. The summed E-state index contributed by atoms with van der Waals surface area (Å²) in [6.07, 6.45) is 3.71. The first-order chi connectivity index (χ1) is 9.48. The maximum atomic E-state index is 6.00. The molecule has 1 aliphatic rings. The van der Waals surface area contributed by atoms with Crippen molar-refractivity contribution in [3.63, 3.8) is 0 Å². The second-order valence-electron chi connectivity index (χ2n) is 6.84. The molecule has 0 aromatic carbocycles. The fraction of sp³-hybridized carbons (Fsp3) is 1.00. The summed E-state index contributed by atoms with van der Waals surface area (Å²) in [7, 11) is 1.70. The molecule has 0 radical (unpaired) electrons. The Kier molecular flexibility index (Phi) is 8.03. The Morgan fingerprint density at radius 1 is 1.10 bits per heavy atom. The summed E-state index contributed by atoms with van der Waals surface area (Å²) in [4.78, 5) is 0. The fourth-order valence-electron chi connectivity index (χ4n) is 2.28. The summed E-state index contributed by atoms with van der Waals surface area (Å²) in [6.45, 7) is 12.1. The van der Waals surface area contributed by atoms with Gasteiger partial charge in [0.1, 0.15) is 0 Å². The van der Waals surface area contributed by atoms with Crippen molar-refractivity contribution < 1.29 is 14.2 Å². The molecule has 0 saturated heterocycles. The summed E-state index contributed by atoms with van der Waals surface area (Å²) < 4.78 is 17.0. The normalized spacial score (nSPS) is 26.6. The summed E-state index contributed by atoms with van der Waals surface area (Å²) in [5.41, 5.74) is 0.329. The first kappa shape index (κ1) is 17.9. The Morgan fingerprint density at radius 3 is 2.45 bits per heavy atom. The number of nitrogens with one attached hydrogen (secondary N) is 1. The lowest BCUT2D eigenvalue weighted by molar-refractivity contribution is -0.154. The van der Waals surface area contributed by atoms with Gasteiger partial charge in [0.2, 0.25) is 0 Å². The minimum Gasteiger partial charge on any atom is -0.382 e. The van der Waals surface area contributed by atoms with E-state index < -0.39 is 0 Å². The first-order valence-corrected chi connectivity index (χ1v) is 7.93. The summed E-state index contributed by atoms with van der Waals surface area (Å²) in [5.74, 6) is 0. The van der Waals surface area contributed by atoms with Crippen molar-refractivity contribution in [2.24, 2.45) is 5.41 Å². The van der Waals surface area contributed by atoms with Gasteiger partial charge in [0.25, 0.3) is 0 Å². The molecule has 0 aliphatic heterocycles. The molecule has 1 fully saturated rings. The third kappa shape index (κ3) is 6.53. The standard InChI is InChI=1S/C16H33NO3/c1-6-8-17-13-12-14(15(13)20-11-10-18-5)19-9-7-16(2,3)4/h13-15,17H,6-12H2,1-5H3. The van der Waals surface area contributed by atoms with Gasteiger partial charge in [-0.3, -0.25) is 0 Å². The Labute approximate surface area is 124 Å². The quantitative estimate of drug-likeness (QED) is 0.627. The summed E-state index contributed by atoms with van der Waals surface area (Å²) in [6, 6.07) is 0.437. The molecule has 3 atom stereocenters. The fourth-order valence-corrected chi connectivity index (χ4v) is 2.28. The van der Waals surface area contributed by atoms with Gasteiger partial charge in [0, 0.05) is 19.8 Å². The summed E-state index contributed by atoms with van der Waals surface area (Å²) in [5, 5.41) is 3.54. The lowest BCUT2D eigenvalue weighted by Gasteiger charge is -2.44. The molecule has 1 saturated carbocycles. The molecule has 3 unspecified atom stereocenters. The van der Waals surface area contributed by atoms with Crippen molar-refractivity contribution in [2.75, 3.05) is 33.5 Å². The molecular formula is C16H33NO3. The molecule has 0 heterocycles. The molecule has 4 nitrogen and oxygen atoms in total. The van der Waals surface area contributed by atoms with E-state index in [9.17, 15) is 0 Å². The highest BCUT2D eigenvalue weighted by Crippen LogP contribution is 2.29. The Morgan fingerprint density at radius 2 is 1.85 bits per heavy atom. The van der Waals surface area contributed by atoms with Gasteiger partial charge in [0.05, 0.1) is 25.4 Å². The van der Waals surface area contributed by atoms with Gasteiger partial charge < -0.3 is 19.5 Å². The number of rotatable bonds is 10. The van der Waals surface area contributed by atoms with Crippen LogP contribution in [0.15, 0.2) is 0 Å². The number of hydrogen-bond acceptors (Lipinski definition) is 4. The van der Waals surface area contributed by atoms with Gasteiger partial charge in [-0.15, -0.1) is 0 Å². The molecule has 1 aliphatic carbocycles. The second-order valence-corrected chi connectivity index (χ2v) is 6.84. The minimum atomic E-state index is 0.177. The van der Waals surface area contributed by atoms with Crippen LogP contribution in [0.2, 0.25) is 0 Å². The molecule has 0 spiro atoms. The van der Waals surface area contributed by atoms with Crippen LogP contribution >= 0.6 is 0 Å². The van der Waals surface area contributed by atoms with E-state index in [0.29, 0.717) is 24.7 Å². The SMILES string of the molecule is CCCNC1CC(OCCC(C)(C)C)C1OCCOC. The van der Waals surface area contributed by atoms with Gasteiger partial charge in [-0.2, -0.15) is 0 Å². The molecule has 0 aromatic heterocycles. The zero-order chi connectivity index (χ0) is 15.0. The van der Waals surface area contributed by atoms with E-state index in [1.807, 2.05) is 0 Å². The van der Waals surface area contributed by atoms with Crippen LogP contribution in [-0.4, -0.2) is 51.7 Å². The van der Waals surface area contributed by atoms with Gasteiger partial charge in [0.15, 0.2) is 0 Å². The largest absolute Gasteiger partial charge is 0.382 e. The van der Waals surface area contributed by atoms with Crippen molar-refractivity contribution in [3.05, 3.63) is 0 Å². The maximum Gasteiger partial charge on any atom is 0.0991 e. The van der Waals surface area contributed by atoms with Gasteiger partial charge in [-0.1, -0.05) is 27.7 Å². The van der Waals surface area contributed by atoms with Crippen LogP contribution < -0.4 is 5.32 Å². The summed E-state index contributed by atoms with van der Waals surface area (Å²) >= 11 is 0. The topological polar surface area (TPSA) is 39.7 Å². The molecule has 4 heteroatoms. The van der Waals surface area contributed by atoms with E-state index in [2.05, 4.69) is 33.0 Å². The molecule has 0 amide bonds. The number of methoxy groups -OCH3 is 1. The highest BCUT2D eigenvalue weighted by molar-refractivity contribution is 4.97. The second kappa shape index (κ2) is 8.98. The molecule has 0 bridgehead atoms. The number of ether oxygens (including phenoxy) is 3. The average Bonchev–Trinajstić information content (AvgIpc) is 2.35. The van der Waals surface area contributed by atoms with Crippen molar-refractivity contribution >= 4 is 0 Å². The van der Waals surface area contributed by atoms with Crippen LogP contribution in [0.4, 0.5) is 0 Å². The first-order valence-electron chi connectivity index (χ1n) is 7.93. The molecule has 120 valence electrons. The van der Waals surface area contributed by atoms with Crippen molar-refractivity contribution in [1.29, 1.82) is 0 Å². The predicted octanol–water partition coefficient (Wildman–Crippen LogP) is 2.61. The lowest BCUT2D eigenvalue weighted by Crippen LogP contribution is -2.60. The third-order valence-corrected chi connectivity index (χ3v) is 3.69. The van der Waals surface area contributed by atoms with Crippen LogP contribution in [0.3, 0.4) is 0 Å². The van der Waals surface area contributed by atoms with Crippen molar-refractivity contribution in [3.8, 4) is 0 Å².